The van der Waals surface area contributed by atoms with E-state index in [1.54, 1.807) is 0 Å². The molecule has 0 saturated heterocycles. The van der Waals surface area contributed by atoms with Crippen molar-refractivity contribution in [3.63, 3.8) is 0 Å². The minimum atomic E-state index is -0.161. The Kier molecular flexibility index (Phi) is 2.72. The molecule has 0 aromatic carbocycles. The molecule has 1 aromatic rings. The summed E-state index contributed by atoms with van der Waals surface area (Å²) in [4.78, 5) is 0. The van der Waals surface area contributed by atoms with Crippen molar-refractivity contribution < 1.29 is 0 Å². The minimum Gasteiger partial charge on any atom is -0.325 e. The van der Waals surface area contributed by atoms with Gasteiger partial charge in [-0.1, -0.05) is 0 Å². The van der Waals surface area contributed by atoms with E-state index in [1.165, 1.54) is 5.56 Å². The Morgan fingerprint density at radius 2 is 1.86 bits per heavy atom. The van der Waals surface area contributed by atoms with Crippen molar-refractivity contribution in [2.24, 2.45) is 5.73 Å². The van der Waals surface area contributed by atoms with Crippen LogP contribution in [0.25, 0.3) is 0 Å². The maximum atomic E-state index is 5.95. The number of hydrogen-bond acceptors (Lipinski definition) is 2. The van der Waals surface area contributed by atoms with Crippen molar-refractivity contribution in [1.29, 1.82) is 0 Å². The first-order valence-electron chi connectivity index (χ1n) is 5.01. The number of rotatable bonds is 2. The van der Waals surface area contributed by atoms with Gasteiger partial charge in [0, 0.05) is 11.7 Å². The van der Waals surface area contributed by atoms with Crippen LogP contribution in [0.15, 0.2) is 12.4 Å². The van der Waals surface area contributed by atoms with Crippen molar-refractivity contribution >= 4 is 0 Å². The predicted molar refractivity (Wildman–Crippen MR) is 59.2 cm³/mol. The molecule has 80 valence electrons. The van der Waals surface area contributed by atoms with Crippen LogP contribution in [0.2, 0.25) is 0 Å². The highest BCUT2D eigenvalue weighted by Gasteiger charge is 2.17. The van der Waals surface area contributed by atoms with Crippen molar-refractivity contribution in [2.45, 2.75) is 52.1 Å². The first kappa shape index (κ1) is 11.2. The van der Waals surface area contributed by atoms with Crippen LogP contribution in [0.4, 0.5) is 0 Å². The lowest BCUT2D eigenvalue weighted by Crippen LogP contribution is -2.34. The maximum absolute atomic E-state index is 5.95. The van der Waals surface area contributed by atoms with Crippen LogP contribution >= 0.6 is 0 Å². The Labute approximate surface area is 86.3 Å². The SMILES string of the molecule is CC(C)(N)Cc1cnn(C(C)(C)C)c1. The molecule has 0 unspecified atom stereocenters. The van der Waals surface area contributed by atoms with Gasteiger partial charge in [0.1, 0.15) is 0 Å². The third-order valence-electron chi connectivity index (χ3n) is 1.98. The highest BCUT2D eigenvalue weighted by molar-refractivity contribution is 5.09. The fourth-order valence-corrected chi connectivity index (χ4v) is 1.34. The van der Waals surface area contributed by atoms with Crippen LogP contribution in [-0.2, 0) is 12.0 Å². The Balaban J connectivity index is 2.79. The quantitative estimate of drug-likeness (QED) is 0.783. The molecule has 1 heterocycles. The number of hydrogen-bond donors (Lipinski definition) is 1. The second-order valence-electron chi connectivity index (χ2n) is 5.63. The molecule has 2 N–H and O–H groups in total. The standard InChI is InChI=1S/C11H21N3/c1-10(2,3)14-8-9(7-13-14)6-11(4,5)12/h7-8H,6,12H2,1-5H3. The molecule has 0 bridgehead atoms. The molecule has 0 amide bonds. The van der Waals surface area contributed by atoms with Gasteiger partial charge in [0.25, 0.3) is 0 Å². The average Bonchev–Trinajstić information content (AvgIpc) is 2.29. The van der Waals surface area contributed by atoms with Gasteiger partial charge in [-0.15, -0.1) is 0 Å². The fourth-order valence-electron chi connectivity index (χ4n) is 1.34. The first-order valence-corrected chi connectivity index (χ1v) is 5.01. The molecule has 3 heteroatoms. The molecule has 0 spiro atoms. The van der Waals surface area contributed by atoms with Gasteiger partial charge in [0.2, 0.25) is 0 Å². The van der Waals surface area contributed by atoms with E-state index in [1.807, 2.05) is 24.7 Å². The summed E-state index contributed by atoms with van der Waals surface area (Å²) in [6.07, 6.45) is 4.84. The van der Waals surface area contributed by atoms with E-state index in [2.05, 4.69) is 32.1 Å². The molecular weight excluding hydrogens is 174 g/mol. The van der Waals surface area contributed by atoms with Crippen LogP contribution in [0.5, 0.6) is 0 Å². The van der Waals surface area contributed by atoms with Crippen LogP contribution < -0.4 is 5.73 Å². The van der Waals surface area contributed by atoms with E-state index >= 15 is 0 Å². The van der Waals surface area contributed by atoms with E-state index in [0.29, 0.717) is 0 Å². The normalized spacial score (nSPS) is 13.3. The number of nitrogens with two attached hydrogens (primary N) is 1. The molecule has 0 saturated carbocycles. The van der Waals surface area contributed by atoms with Gasteiger partial charge in [-0.3, -0.25) is 4.68 Å². The van der Waals surface area contributed by atoms with Gasteiger partial charge >= 0.3 is 0 Å². The first-order chi connectivity index (χ1) is 6.18. The lowest BCUT2D eigenvalue weighted by Gasteiger charge is -2.19. The molecule has 0 aliphatic carbocycles. The van der Waals surface area contributed by atoms with Gasteiger partial charge in [0.05, 0.1) is 11.7 Å². The van der Waals surface area contributed by atoms with Crippen LogP contribution in [0.1, 0.15) is 40.2 Å². The summed E-state index contributed by atoms with van der Waals surface area (Å²) < 4.78 is 1.98. The molecule has 3 nitrogen and oxygen atoms in total. The molecule has 1 aromatic heterocycles. The van der Waals surface area contributed by atoms with E-state index in [4.69, 9.17) is 5.73 Å². The van der Waals surface area contributed by atoms with Crippen LogP contribution in [-0.4, -0.2) is 15.3 Å². The zero-order valence-corrected chi connectivity index (χ0v) is 9.83. The van der Waals surface area contributed by atoms with Crippen molar-refractivity contribution in [1.82, 2.24) is 9.78 Å². The average molecular weight is 195 g/mol. The molecule has 0 radical (unpaired) electrons. The van der Waals surface area contributed by atoms with E-state index in [0.717, 1.165) is 6.42 Å². The third kappa shape index (κ3) is 3.14. The monoisotopic (exact) mass is 195 g/mol. The summed E-state index contributed by atoms with van der Waals surface area (Å²) in [5.41, 5.74) is 7.04. The van der Waals surface area contributed by atoms with Gasteiger partial charge in [-0.2, -0.15) is 5.10 Å². The minimum absolute atomic E-state index is 0.0526. The Hall–Kier alpha value is -0.830. The Morgan fingerprint density at radius 1 is 1.29 bits per heavy atom. The number of nitrogens with zero attached hydrogens (tertiary/aromatic N) is 2. The van der Waals surface area contributed by atoms with E-state index in [9.17, 15) is 0 Å². The van der Waals surface area contributed by atoms with Crippen molar-refractivity contribution in [2.75, 3.05) is 0 Å². The summed E-state index contributed by atoms with van der Waals surface area (Å²) in [5.74, 6) is 0. The summed E-state index contributed by atoms with van der Waals surface area (Å²) in [7, 11) is 0. The fraction of sp³-hybridized carbons (Fsp3) is 0.727. The molecular formula is C11H21N3. The maximum Gasteiger partial charge on any atom is 0.0543 e. The van der Waals surface area contributed by atoms with E-state index in [-0.39, 0.29) is 11.1 Å². The third-order valence-corrected chi connectivity index (χ3v) is 1.98. The van der Waals surface area contributed by atoms with Gasteiger partial charge in [-0.25, -0.2) is 0 Å². The molecule has 0 atom stereocenters. The van der Waals surface area contributed by atoms with Crippen molar-refractivity contribution in [3.05, 3.63) is 18.0 Å². The zero-order chi connectivity index (χ0) is 11.0. The number of aromatic nitrogens is 2. The summed E-state index contributed by atoms with van der Waals surface area (Å²) in [6.45, 7) is 10.5. The van der Waals surface area contributed by atoms with Gasteiger partial charge < -0.3 is 5.73 Å². The molecule has 0 fully saturated rings. The highest BCUT2D eigenvalue weighted by atomic mass is 15.3. The second-order valence-corrected chi connectivity index (χ2v) is 5.63. The second kappa shape index (κ2) is 3.39. The zero-order valence-electron chi connectivity index (χ0n) is 9.83. The summed E-state index contributed by atoms with van der Waals surface area (Å²) >= 11 is 0. The lowest BCUT2D eigenvalue weighted by molar-refractivity contribution is 0.355. The Morgan fingerprint density at radius 3 is 2.21 bits per heavy atom. The van der Waals surface area contributed by atoms with Crippen LogP contribution in [0, 0.1) is 0 Å². The van der Waals surface area contributed by atoms with E-state index < -0.39 is 0 Å². The van der Waals surface area contributed by atoms with Crippen LogP contribution in [0.3, 0.4) is 0 Å². The predicted octanol–water partition coefficient (Wildman–Crippen LogP) is 1.92. The van der Waals surface area contributed by atoms with Gasteiger partial charge in [0.15, 0.2) is 0 Å². The lowest BCUT2D eigenvalue weighted by atomic mass is 9.98. The summed E-state index contributed by atoms with van der Waals surface area (Å²) in [6, 6.07) is 0. The highest BCUT2D eigenvalue weighted by Crippen LogP contribution is 2.15. The van der Waals surface area contributed by atoms with Gasteiger partial charge in [-0.05, 0) is 46.6 Å². The molecule has 0 aliphatic heterocycles. The molecule has 0 aliphatic rings. The molecule has 14 heavy (non-hydrogen) atoms. The largest absolute Gasteiger partial charge is 0.325 e. The summed E-state index contributed by atoms with van der Waals surface area (Å²) in [5, 5.41) is 4.33. The smallest absolute Gasteiger partial charge is 0.0543 e. The Bertz CT molecular complexity index is 299. The van der Waals surface area contributed by atoms with Crippen molar-refractivity contribution in [3.8, 4) is 0 Å². The topological polar surface area (TPSA) is 43.8 Å². The molecule has 1 rings (SSSR count).